The molecule has 0 fully saturated rings. The molecule has 70 valence electrons. The molecule has 14 heavy (non-hydrogen) atoms. The lowest BCUT2D eigenvalue weighted by Gasteiger charge is -1.99. The molecule has 0 aliphatic carbocycles. The third-order valence-electron chi connectivity index (χ3n) is 2.07. The number of aliphatic hydroxyl groups excluding tert-OH is 1. The molecule has 0 spiro atoms. The van der Waals surface area contributed by atoms with Crippen LogP contribution in [0.2, 0.25) is 0 Å². The Labute approximate surface area is 90.8 Å². The highest BCUT2D eigenvalue weighted by molar-refractivity contribution is 7.80. The van der Waals surface area contributed by atoms with Crippen molar-refractivity contribution in [2.75, 3.05) is 0 Å². The maximum Gasteiger partial charge on any atom is 0.0998 e. The van der Waals surface area contributed by atoms with Crippen LogP contribution in [0.15, 0.2) is 22.4 Å². The van der Waals surface area contributed by atoms with Gasteiger partial charge in [0, 0.05) is 15.0 Å². The van der Waals surface area contributed by atoms with E-state index in [-0.39, 0.29) is 6.61 Å². The molecule has 2 aromatic rings. The van der Waals surface area contributed by atoms with Crippen LogP contribution in [0.4, 0.5) is 0 Å². The van der Waals surface area contributed by atoms with Crippen LogP contribution in [-0.4, -0.2) is 5.11 Å². The van der Waals surface area contributed by atoms with Crippen LogP contribution in [0.1, 0.15) is 11.1 Å². The first-order chi connectivity index (χ1) is 6.77. The van der Waals surface area contributed by atoms with Gasteiger partial charge in [0.1, 0.15) is 0 Å². The van der Waals surface area contributed by atoms with Gasteiger partial charge < -0.3 is 5.11 Å². The van der Waals surface area contributed by atoms with Crippen molar-refractivity contribution in [3.8, 4) is 6.07 Å². The third-order valence-corrected chi connectivity index (χ3v) is 3.65. The molecule has 1 heterocycles. The van der Waals surface area contributed by atoms with Gasteiger partial charge >= 0.3 is 0 Å². The monoisotopic (exact) mass is 221 g/mol. The summed E-state index contributed by atoms with van der Waals surface area (Å²) in [4.78, 5) is 0.851. The minimum Gasteiger partial charge on any atom is -0.392 e. The third kappa shape index (κ3) is 1.30. The van der Waals surface area contributed by atoms with E-state index in [0.717, 1.165) is 20.5 Å². The van der Waals surface area contributed by atoms with Crippen molar-refractivity contribution in [2.24, 2.45) is 0 Å². The predicted molar refractivity (Wildman–Crippen MR) is 59.7 cm³/mol. The number of fused-ring (bicyclic) bond motifs is 1. The second-order valence-corrected chi connectivity index (χ2v) is 4.23. The highest BCUT2D eigenvalue weighted by atomic mass is 32.1. The second-order valence-electron chi connectivity index (χ2n) is 2.87. The number of rotatable bonds is 1. The van der Waals surface area contributed by atoms with Gasteiger partial charge in [-0.25, -0.2) is 0 Å². The fraction of sp³-hybridized carbons (Fsp3) is 0.100. The van der Waals surface area contributed by atoms with E-state index >= 15 is 0 Å². The maximum absolute atomic E-state index is 9.11. The van der Waals surface area contributed by atoms with Gasteiger partial charge in [0.05, 0.1) is 18.2 Å². The minimum absolute atomic E-state index is 0.0358. The van der Waals surface area contributed by atoms with E-state index in [0.29, 0.717) is 5.56 Å². The van der Waals surface area contributed by atoms with E-state index in [2.05, 4.69) is 18.7 Å². The van der Waals surface area contributed by atoms with Gasteiger partial charge in [-0.2, -0.15) is 5.26 Å². The quantitative estimate of drug-likeness (QED) is 0.727. The number of hydrogen-bond acceptors (Lipinski definition) is 4. The zero-order chi connectivity index (χ0) is 10.1. The second kappa shape index (κ2) is 3.62. The average molecular weight is 221 g/mol. The summed E-state index contributed by atoms with van der Waals surface area (Å²) in [5.74, 6) is 0. The van der Waals surface area contributed by atoms with Gasteiger partial charge in [0.25, 0.3) is 0 Å². The van der Waals surface area contributed by atoms with Crippen molar-refractivity contribution < 1.29 is 5.11 Å². The molecule has 0 aliphatic heterocycles. The van der Waals surface area contributed by atoms with E-state index in [1.165, 1.54) is 11.3 Å². The molecule has 0 saturated heterocycles. The zero-order valence-electron chi connectivity index (χ0n) is 7.19. The summed E-state index contributed by atoms with van der Waals surface area (Å²) in [6, 6.07) is 5.66. The first kappa shape index (κ1) is 9.53. The van der Waals surface area contributed by atoms with E-state index in [4.69, 9.17) is 10.4 Å². The molecule has 0 unspecified atom stereocenters. The molecular weight excluding hydrogens is 214 g/mol. The molecule has 1 N–H and O–H groups in total. The summed E-state index contributed by atoms with van der Waals surface area (Å²) >= 11 is 5.82. The van der Waals surface area contributed by atoms with Gasteiger partial charge in [-0.1, -0.05) is 0 Å². The minimum atomic E-state index is -0.0358. The Kier molecular flexibility index (Phi) is 2.46. The van der Waals surface area contributed by atoms with Crippen molar-refractivity contribution in [3.05, 3.63) is 28.6 Å². The SMILES string of the molecule is N#Cc1ccc(S)c2scc(CO)c12. The Hall–Kier alpha value is -1.02. The summed E-state index contributed by atoms with van der Waals surface area (Å²) < 4.78 is 0.969. The highest BCUT2D eigenvalue weighted by Crippen LogP contribution is 2.33. The zero-order valence-corrected chi connectivity index (χ0v) is 8.90. The van der Waals surface area contributed by atoms with Crippen molar-refractivity contribution in [1.82, 2.24) is 0 Å². The Morgan fingerprint density at radius 3 is 2.93 bits per heavy atom. The van der Waals surface area contributed by atoms with Gasteiger partial charge in [0.2, 0.25) is 0 Å². The molecule has 0 bridgehead atoms. The fourth-order valence-electron chi connectivity index (χ4n) is 1.41. The summed E-state index contributed by atoms with van der Waals surface area (Å²) in [6.07, 6.45) is 0. The number of thiophene rings is 1. The largest absolute Gasteiger partial charge is 0.392 e. The van der Waals surface area contributed by atoms with Crippen LogP contribution in [0.25, 0.3) is 10.1 Å². The smallest absolute Gasteiger partial charge is 0.0998 e. The standard InChI is InChI=1S/C10H7NOS2/c11-3-6-1-2-8(13)10-9(6)7(4-12)5-14-10/h1-2,5,12-13H,4H2. The Morgan fingerprint density at radius 1 is 1.50 bits per heavy atom. The van der Waals surface area contributed by atoms with Crippen molar-refractivity contribution in [3.63, 3.8) is 0 Å². The van der Waals surface area contributed by atoms with Crippen LogP contribution < -0.4 is 0 Å². The molecule has 4 heteroatoms. The molecule has 1 aromatic carbocycles. The molecule has 0 amide bonds. The lowest BCUT2D eigenvalue weighted by atomic mass is 10.1. The summed E-state index contributed by atoms with van der Waals surface area (Å²) in [7, 11) is 0. The molecule has 0 atom stereocenters. The average Bonchev–Trinajstić information content (AvgIpc) is 2.63. The van der Waals surface area contributed by atoms with Gasteiger partial charge in [-0.05, 0) is 23.1 Å². The topological polar surface area (TPSA) is 44.0 Å². The van der Waals surface area contributed by atoms with Crippen molar-refractivity contribution >= 4 is 34.1 Å². The molecule has 0 aliphatic rings. The number of benzene rings is 1. The molecule has 0 radical (unpaired) electrons. The van der Waals surface area contributed by atoms with E-state index in [1.54, 1.807) is 6.07 Å². The van der Waals surface area contributed by atoms with Crippen LogP contribution in [0, 0.1) is 11.3 Å². The number of hydrogen-bond donors (Lipinski definition) is 2. The summed E-state index contributed by atoms with van der Waals surface area (Å²) in [6.45, 7) is -0.0358. The molecular formula is C10H7NOS2. The normalized spacial score (nSPS) is 10.4. The maximum atomic E-state index is 9.11. The number of nitriles is 1. The fourth-order valence-corrected chi connectivity index (χ4v) is 2.75. The first-order valence-corrected chi connectivity index (χ1v) is 5.33. The Bertz CT molecular complexity index is 525. The lowest BCUT2D eigenvalue weighted by Crippen LogP contribution is -1.83. The number of thiol groups is 1. The van der Waals surface area contributed by atoms with Crippen LogP contribution >= 0.6 is 24.0 Å². The number of aliphatic hydroxyl groups is 1. The molecule has 2 rings (SSSR count). The van der Waals surface area contributed by atoms with Crippen LogP contribution in [-0.2, 0) is 6.61 Å². The van der Waals surface area contributed by atoms with E-state index in [9.17, 15) is 0 Å². The molecule has 1 aromatic heterocycles. The van der Waals surface area contributed by atoms with Crippen LogP contribution in [0.5, 0.6) is 0 Å². The van der Waals surface area contributed by atoms with Crippen molar-refractivity contribution in [2.45, 2.75) is 11.5 Å². The Morgan fingerprint density at radius 2 is 2.29 bits per heavy atom. The van der Waals surface area contributed by atoms with Gasteiger partial charge in [-0.3, -0.25) is 0 Å². The highest BCUT2D eigenvalue weighted by Gasteiger charge is 2.10. The van der Waals surface area contributed by atoms with E-state index in [1.807, 2.05) is 11.4 Å². The van der Waals surface area contributed by atoms with Crippen LogP contribution in [0.3, 0.4) is 0 Å². The van der Waals surface area contributed by atoms with E-state index < -0.39 is 0 Å². The Balaban J connectivity index is 2.90. The molecule has 2 nitrogen and oxygen atoms in total. The van der Waals surface area contributed by atoms with Crippen molar-refractivity contribution in [1.29, 1.82) is 5.26 Å². The molecule has 0 saturated carbocycles. The lowest BCUT2D eigenvalue weighted by molar-refractivity contribution is 0.284. The number of nitrogens with zero attached hydrogens (tertiary/aromatic N) is 1. The van der Waals surface area contributed by atoms with Gasteiger partial charge in [0.15, 0.2) is 0 Å². The summed E-state index contributed by atoms with van der Waals surface area (Å²) in [5, 5.41) is 20.7. The predicted octanol–water partition coefficient (Wildman–Crippen LogP) is 2.55. The van der Waals surface area contributed by atoms with Gasteiger partial charge in [-0.15, -0.1) is 24.0 Å². The summed E-state index contributed by atoms with van der Waals surface area (Å²) in [5.41, 5.74) is 1.40. The first-order valence-electron chi connectivity index (χ1n) is 4.01.